The van der Waals surface area contributed by atoms with Gasteiger partial charge in [0, 0.05) is 0 Å². The first kappa shape index (κ1) is 12.7. The molecule has 0 aliphatic rings. The molecule has 14 heavy (non-hydrogen) atoms. The van der Waals surface area contributed by atoms with E-state index in [1.807, 2.05) is 6.92 Å². The lowest BCUT2D eigenvalue weighted by Gasteiger charge is -2.19. The van der Waals surface area contributed by atoms with Gasteiger partial charge in [0.1, 0.15) is 13.2 Å². The summed E-state index contributed by atoms with van der Waals surface area (Å²) in [4.78, 5) is 21.2. The minimum Gasteiger partial charge on any atom is -0.462 e. The fourth-order valence-electron chi connectivity index (χ4n) is 0.603. The second-order valence-corrected chi connectivity index (χ2v) is 3.49. The normalized spacial score (nSPS) is 10.8. The summed E-state index contributed by atoms with van der Waals surface area (Å²) < 4.78 is 9.00. The monoisotopic (exact) mass is 204 g/mol. The van der Waals surface area contributed by atoms with Crippen molar-refractivity contribution in [2.75, 3.05) is 13.2 Å². The minimum atomic E-state index is -1.36. The van der Waals surface area contributed by atoms with Gasteiger partial charge < -0.3 is 14.6 Å². The largest absolute Gasteiger partial charge is 0.505 e. The van der Waals surface area contributed by atoms with Gasteiger partial charge in [-0.05, 0) is 20.3 Å². The Hall–Kier alpha value is -1.26. The molecule has 0 aromatic heterocycles. The van der Waals surface area contributed by atoms with E-state index in [0.717, 1.165) is 0 Å². The van der Waals surface area contributed by atoms with Gasteiger partial charge in [-0.25, -0.2) is 4.79 Å². The van der Waals surface area contributed by atoms with E-state index in [-0.39, 0.29) is 19.2 Å². The number of rotatable bonds is 5. The van der Waals surface area contributed by atoms with Crippen molar-refractivity contribution >= 4 is 12.1 Å². The first-order chi connectivity index (χ1) is 6.40. The van der Waals surface area contributed by atoms with Crippen molar-refractivity contribution in [3.63, 3.8) is 0 Å². The van der Waals surface area contributed by atoms with Crippen molar-refractivity contribution in [3.05, 3.63) is 0 Å². The highest BCUT2D eigenvalue weighted by molar-refractivity contribution is 5.75. The molecule has 0 unspecified atom stereocenters. The van der Waals surface area contributed by atoms with Gasteiger partial charge in [0.05, 0.1) is 5.41 Å². The maximum Gasteiger partial charge on any atom is 0.505 e. The molecule has 0 bridgehead atoms. The molecule has 0 aliphatic carbocycles. The summed E-state index contributed by atoms with van der Waals surface area (Å²) in [5, 5.41) is 8.12. The van der Waals surface area contributed by atoms with E-state index in [4.69, 9.17) is 9.84 Å². The third-order valence-corrected chi connectivity index (χ3v) is 1.98. The van der Waals surface area contributed by atoms with Crippen molar-refractivity contribution in [2.24, 2.45) is 5.41 Å². The summed E-state index contributed by atoms with van der Waals surface area (Å²) in [7, 11) is 0. The van der Waals surface area contributed by atoms with Crippen LogP contribution in [0.15, 0.2) is 0 Å². The second kappa shape index (κ2) is 5.47. The Morgan fingerprint density at radius 1 is 1.21 bits per heavy atom. The minimum absolute atomic E-state index is 0.0332. The maximum atomic E-state index is 11.3. The first-order valence-electron chi connectivity index (χ1n) is 4.43. The zero-order valence-electron chi connectivity index (χ0n) is 8.70. The van der Waals surface area contributed by atoms with Crippen LogP contribution in [0.3, 0.4) is 0 Å². The molecule has 1 N–H and O–H groups in total. The summed E-state index contributed by atoms with van der Waals surface area (Å²) >= 11 is 0. The van der Waals surface area contributed by atoms with Crippen LogP contribution in [0.1, 0.15) is 27.2 Å². The van der Waals surface area contributed by atoms with Crippen molar-refractivity contribution in [2.45, 2.75) is 27.2 Å². The molecule has 5 heteroatoms. The number of hydrogen-bond donors (Lipinski definition) is 1. The average molecular weight is 204 g/mol. The van der Waals surface area contributed by atoms with Crippen LogP contribution in [0.5, 0.6) is 0 Å². The van der Waals surface area contributed by atoms with E-state index in [0.29, 0.717) is 6.42 Å². The molecular weight excluding hydrogens is 188 g/mol. The van der Waals surface area contributed by atoms with Crippen molar-refractivity contribution in [3.8, 4) is 0 Å². The third kappa shape index (κ3) is 4.69. The highest BCUT2D eigenvalue weighted by atomic mass is 16.7. The standard InChI is InChI=1S/C9H16O5/c1-4-9(2,3)7(10)13-5-6-14-8(11)12/h4-6H2,1-3H3,(H,11,12). The molecule has 0 fully saturated rings. The predicted molar refractivity (Wildman–Crippen MR) is 49.0 cm³/mol. The fraction of sp³-hybridized carbons (Fsp3) is 0.778. The van der Waals surface area contributed by atoms with Gasteiger partial charge in [-0.15, -0.1) is 0 Å². The molecule has 82 valence electrons. The lowest BCUT2D eigenvalue weighted by molar-refractivity contribution is -0.155. The molecule has 0 atom stereocenters. The van der Waals surface area contributed by atoms with Gasteiger partial charge >= 0.3 is 12.1 Å². The topological polar surface area (TPSA) is 72.8 Å². The quantitative estimate of drug-likeness (QED) is 0.544. The van der Waals surface area contributed by atoms with Gasteiger partial charge in [-0.3, -0.25) is 4.79 Å². The van der Waals surface area contributed by atoms with E-state index in [9.17, 15) is 9.59 Å². The number of carbonyl (C=O) groups is 2. The average Bonchev–Trinajstić information content (AvgIpc) is 2.11. The number of hydrogen-bond acceptors (Lipinski definition) is 4. The van der Waals surface area contributed by atoms with E-state index in [2.05, 4.69) is 4.74 Å². The molecule has 0 heterocycles. The van der Waals surface area contributed by atoms with Crippen LogP contribution in [0, 0.1) is 5.41 Å². The molecule has 0 aliphatic heterocycles. The van der Waals surface area contributed by atoms with Gasteiger partial charge in [0.25, 0.3) is 0 Å². The maximum absolute atomic E-state index is 11.3. The summed E-state index contributed by atoms with van der Waals surface area (Å²) in [6.45, 7) is 5.27. The Morgan fingerprint density at radius 3 is 2.14 bits per heavy atom. The molecule has 0 aromatic carbocycles. The number of esters is 1. The molecule has 0 amide bonds. The van der Waals surface area contributed by atoms with Crippen molar-refractivity contribution in [1.82, 2.24) is 0 Å². The summed E-state index contributed by atoms with van der Waals surface area (Å²) in [5.74, 6) is -0.339. The van der Waals surface area contributed by atoms with Crippen LogP contribution in [0.4, 0.5) is 4.79 Å². The summed E-state index contributed by atoms with van der Waals surface area (Å²) in [6, 6.07) is 0. The zero-order valence-corrected chi connectivity index (χ0v) is 8.70. The summed E-state index contributed by atoms with van der Waals surface area (Å²) in [5.41, 5.74) is -0.525. The van der Waals surface area contributed by atoms with Crippen LogP contribution >= 0.6 is 0 Å². The van der Waals surface area contributed by atoms with Gasteiger partial charge in [0.15, 0.2) is 0 Å². The van der Waals surface area contributed by atoms with Gasteiger partial charge in [0.2, 0.25) is 0 Å². The van der Waals surface area contributed by atoms with Gasteiger partial charge in [-0.2, -0.15) is 0 Å². The lowest BCUT2D eigenvalue weighted by atomic mass is 9.91. The Morgan fingerprint density at radius 2 is 1.71 bits per heavy atom. The first-order valence-corrected chi connectivity index (χ1v) is 4.43. The third-order valence-electron chi connectivity index (χ3n) is 1.98. The molecule has 0 rings (SSSR count). The molecule has 5 nitrogen and oxygen atoms in total. The van der Waals surface area contributed by atoms with E-state index < -0.39 is 11.6 Å². The zero-order chi connectivity index (χ0) is 11.2. The Kier molecular flexibility index (Phi) is 4.97. The van der Waals surface area contributed by atoms with Crippen LogP contribution in [-0.2, 0) is 14.3 Å². The van der Waals surface area contributed by atoms with E-state index in [1.54, 1.807) is 13.8 Å². The van der Waals surface area contributed by atoms with Crippen LogP contribution < -0.4 is 0 Å². The lowest BCUT2D eigenvalue weighted by Crippen LogP contribution is -2.27. The fourth-order valence-corrected chi connectivity index (χ4v) is 0.603. The van der Waals surface area contributed by atoms with Gasteiger partial charge in [-0.1, -0.05) is 6.92 Å². The SMILES string of the molecule is CCC(C)(C)C(=O)OCCOC(=O)O. The molecule has 0 saturated heterocycles. The summed E-state index contributed by atoms with van der Waals surface area (Å²) in [6.07, 6.45) is -0.693. The number of carbonyl (C=O) groups excluding carboxylic acids is 1. The van der Waals surface area contributed by atoms with Crippen molar-refractivity contribution < 1.29 is 24.2 Å². The Labute approximate surface area is 83.0 Å². The number of ether oxygens (including phenoxy) is 2. The van der Waals surface area contributed by atoms with Crippen LogP contribution in [0.2, 0.25) is 0 Å². The number of carboxylic acid groups (broad SMARTS) is 1. The van der Waals surface area contributed by atoms with E-state index in [1.165, 1.54) is 0 Å². The molecule has 0 saturated carbocycles. The predicted octanol–water partition coefficient (Wildman–Crippen LogP) is 1.66. The molecule has 0 radical (unpaired) electrons. The highest BCUT2D eigenvalue weighted by Gasteiger charge is 2.26. The Bertz CT molecular complexity index is 209. The molecular formula is C9H16O5. The van der Waals surface area contributed by atoms with Crippen LogP contribution in [0.25, 0.3) is 0 Å². The van der Waals surface area contributed by atoms with Crippen molar-refractivity contribution in [1.29, 1.82) is 0 Å². The van der Waals surface area contributed by atoms with E-state index >= 15 is 0 Å². The molecule has 0 spiro atoms. The Balaban J connectivity index is 3.70. The smallest absolute Gasteiger partial charge is 0.462 e. The molecule has 0 aromatic rings. The second-order valence-electron chi connectivity index (χ2n) is 3.49. The highest BCUT2D eigenvalue weighted by Crippen LogP contribution is 2.21. The van der Waals surface area contributed by atoms with Crippen LogP contribution in [-0.4, -0.2) is 30.4 Å².